The largest absolute Gasteiger partial charge is 0.496 e. The molecule has 0 aromatic heterocycles. The smallest absolute Gasteiger partial charge is 0.122 e. The van der Waals surface area contributed by atoms with E-state index in [4.69, 9.17) is 4.74 Å². The predicted molar refractivity (Wildman–Crippen MR) is 65.0 cm³/mol. The molecule has 0 N–H and O–H groups in total. The predicted octanol–water partition coefficient (Wildman–Crippen LogP) is 3.59. The fraction of sp³-hybridized carbons (Fsp3) is 0.500. The van der Waals surface area contributed by atoms with Crippen LogP contribution in [0.5, 0.6) is 5.75 Å². The molecule has 0 saturated heterocycles. The Bertz CT molecular complexity index is 292. The molecular weight excluding hydrogens is 191 g/mol. The standard InChI is InChI=1S/C12H19OP/c1-4-12(14,5-2)10-8-6-7-9-11(10)13-3/h6-9H,4-5,14H2,1-3H3. The lowest BCUT2D eigenvalue weighted by atomic mass is 9.92. The van der Waals surface area contributed by atoms with E-state index >= 15 is 0 Å². The molecule has 0 heterocycles. The minimum absolute atomic E-state index is 0.159. The minimum Gasteiger partial charge on any atom is -0.496 e. The Morgan fingerprint density at radius 3 is 2.29 bits per heavy atom. The fourth-order valence-corrected chi connectivity index (χ4v) is 1.93. The Kier molecular flexibility index (Phi) is 3.95. The van der Waals surface area contributed by atoms with E-state index in [9.17, 15) is 0 Å². The quantitative estimate of drug-likeness (QED) is 0.690. The van der Waals surface area contributed by atoms with Gasteiger partial charge in [0, 0.05) is 10.7 Å². The van der Waals surface area contributed by atoms with Gasteiger partial charge in [-0.25, -0.2) is 0 Å². The summed E-state index contributed by atoms with van der Waals surface area (Å²) in [5.41, 5.74) is 1.29. The molecule has 0 radical (unpaired) electrons. The Morgan fingerprint density at radius 2 is 1.79 bits per heavy atom. The van der Waals surface area contributed by atoms with Gasteiger partial charge < -0.3 is 4.74 Å². The third kappa shape index (κ3) is 2.09. The van der Waals surface area contributed by atoms with Crippen molar-refractivity contribution in [2.24, 2.45) is 0 Å². The monoisotopic (exact) mass is 210 g/mol. The van der Waals surface area contributed by atoms with Crippen molar-refractivity contribution >= 4 is 9.24 Å². The van der Waals surface area contributed by atoms with Crippen LogP contribution in [0, 0.1) is 0 Å². The van der Waals surface area contributed by atoms with E-state index in [-0.39, 0.29) is 5.16 Å². The zero-order valence-corrected chi connectivity index (χ0v) is 10.4. The van der Waals surface area contributed by atoms with Gasteiger partial charge >= 0.3 is 0 Å². The van der Waals surface area contributed by atoms with Gasteiger partial charge in [0.25, 0.3) is 0 Å². The highest BCUT2D eigenvalue weighted by molar-refractivity contribution is 7.18. The first-order valence-corrected chi connectivity index (χ1v) is 5.68. The molecule has 0 aliphatic rings. The van der Waals surface area contributed by atoms with Crippen molar-refractivity contribution in [2.45, 2.75) is 31.8 Å². The minimum atomic E-state index is 0.159. The lowest BCUT2D eigenvalue weighted by molar-refractivity contribution is 0.399. The fourth-order valence-electron chi connectivity index (χ4n) is 1.69. The van der Waals surface area contributed by atoms with Gasteiger partial charge in [-0.15, -0.1) is 9.24 Å². The molecule has 0 spiro atoms. The van der Waals surface area contributed by atoms with Gasteiger partial charge in [0.1, 0.15) is 5.75 Å². The maximum Gasteiger partial charge on any atom is 0.122 e. The highest BCUT2D eigenvalue weighted by Crippen LogP contribution is 2.42. The van der Waals surface area contributed by atoms with E-state index in [1.165, 1.54) is 5.56 Å². The third-order valence-corrected chi connectivity index (χ3v) is 4.03. The lowest BCUT2D eigenvalue weighted by Gasteiger charge is -2.28. The first-order valence-electron chi connectivity index (χ1n) is 5.10. The lowest BCUT2D eigenvalue weighted by Crippen LogP contribution is -2.16. The van der Waals surface area contributed by atoms with Crippen LogP contribution in [0.15, 0.2) is 24.3 Å². The van der Waals surface area contributed by atoms with Crippen LogP contribution in [0.25, 0.3) is 0 Å². The van der Waals surface area contributed by atoms with E-state index in [1.54, 1.807) is 7.11 Å². The van der Waals surface area contributed by atoms with E-state index in [0.29, 0.717) is 0 Å². The number of hydrogen-bond acceptors (Lipinski definition) is 1. The van der Waals surface area contributed by atoms with E-state index in [2.05, 4.69) is 35.2 Å². The second-order valence-corrected chi connectivity index (χ2v) is 4.67. The second-order valence-electron chi connectivity index (χ2n) is 3.56. The molecular formula is C12H19OP. The number of methoxy groups -OCH3 is 1. The Labute approximate surface area is 89.1 Å². The third-order valence-electron chi connectivity index (χ3n) is 2.91. The second kappa shape index (κ2) is 4.79. The summed E-state index contributed by atoms with van der Waals surface area (Å²) in [4.78, 5) is 0. The summed E-state index contributed by atoms with van der Waals surface area (Å²) >= 11 is 0. The molecule has 1 aromatic rings. The molecule has 0 amide bonds. The highest BCUT2D eigenvalue weighted by Gasteiger charge is 2.25. The molecule has 0 aliphatic heterocycles. The Hall–Kier alpha value is -0.550. The molecule has 14 heavy (non-hydrogen) atoms. The first-order chi connectivity index (χ1) is 6.68. The molecule has 0 fully saturated rings. The van der Waals surface area contributed by atoms with Crippen LogP contribution in [0.1, 0.15) is 32.3 Å². The molecule has 1 unspecified atom stereocenters. The number of rotatable bonds is 4. The summed E-state index contributed by atoms with van der Waals surface area (Å²) in [6.45, 7) is 4.42. The van der Waals surface area contributed by atoms with Crippen molar-refractivity contribution in [3.8, 4) is 5.75 Å². The highest BCUT2D eigenvalue weighted by atomic mass is 31.0. The zero-order chi connectivity index (χ0) is 10.6. The van der Waals surface area contributed by atoms with Crippen LogP contribution in [-0.4, -0.2) is 7.11 Å². The van der Waals surface area contributed by atoms with Gasteiger partial charge in [0.05, 0.1) is 7.11 Å². The Morgan fingerprint density at radius 1 is 1.21 bits per heavy atom. The first kappa shape index (κ1) is 11.5. The average Bonchev–Trinajstić information content (AvgIpc) is 2.28. The van der Waals surface area contributed by atoms with Gasteiger partial charge in [0.2, 0.25) is 0 Å². The van der Waals surface area contributed by atoms with Gasteiger partial charge in [-0.1, -0.05) is 32.0 Å². The maximum atomic E-state index is 5.38. The molecule has 0 aliphatic carbocycles. The SMILES string of the molecule is CCC(P)(CC)c1ccccc1OC. The molecule has 1 aromatic carbocycles. The van der Waals surface area contributed by atoms with Crippen molar-refractivity contribution < 1.29 is 4.74 Å². The van der Waals surface area contributed by atoms with Crippen molar-refractivity contribution in [3.63, 3.8) is 0 Å². The van der Waals surface area contributed by atoms with Gasteiger partial charge in [0.15, 0.2) is 0 Å². The van der Waals surface area contributed by atoms with Crippen LogP contribution in [0.3, 0.4) is 0 Å². The Balaban J connectivity index is 3.15. The summed E-state index contributed by atoms with van der Waals surface area (Å²) < 4.78 is 5.38. The molecule has 2 heteroatoms. The number of para-hydroxylation sites is 1. The van der Waals surface area contributed by atoms with Gasteiger partial charge in [-0.3, -0.25) is 0 Å². The van der Waals surface area contributed by atoms with Crippen molar-refractivity contribution in [2.75, 3.05) is 7.11 Å². The van der Waals surface area contributed by atoms with Crippen LogP contribution in [0.4, 0.5) is 0 Å². The number of hydrogen-bond donors (Lipinski definition) is 0. The summed E-state index contributed by atoms with van der Waals surface area (Å²) in [7, 11) is 4.70. The van der Waals surface area contributed by atoms with Crippen molar-refractivity contribution in [1.29, 1.82) is 0 Å². The van der Waals surface area contributed by atoms with Gasteiger partial charge in [-0.2, -0.15) is 0 Å². The van der Waals surface area contributed by atoms with E-state index in [1.807, 2.05) is 12.1 Å². The normalized spacial score (nSPS) is 11.4. The molecule has 1 nitrogen and oxygen atoms in total. The molecule has 0 bridgehead atoms. The average molecular weight is 210 g/mol. The molecule has 1 atom stereocenters. The maximum absolute atomic E-state index is 5.38. The summed E-state index contributed by atoms with van der Waals surface area (Å²) in [5.74, 6) is 0.992. The number of ether oxygens (including phenoxy) is 1. The van der Waals surface area contributed by atoms with Crippen LogP contribution in [-0.2, 0) is 5.16 Å². The van der Waals surface area contributed by atoms with Gasteiger partial charge in [-0.05, 0) is 18.9 Å². The zero-order valence-electron chi connectivity index (χ0n) is 9.21. The number of benzene rings is 1. The van der Waals surface area contributed by atoms with E-state index < -0.39 is 0 Å². The van der Waals surface area contributed by atoms with Crippen LogP contribution in [0.2, 0.25) is 0 Å². The van der Waals surface area contributed by atoms with Crippen LogP contribution >= 0.6 is 9.24 Å². The topological polar surface area (TPSA) is 9.23 Å². The molecule has 1 rings (SSSR count). The summed E-state index contributed by atoms with van der Waals surface area (Å²) in [6, 6.07) is 8.26. The molecule has 0 saturated carbocycles. The molecule has 78 valence electrons. The van der Waals surface area contributed by atoms with Crippen molar-refractivity contribution in [1.82, 2.24) is 0 Å². The summed E-state index contributed by atoms with van der Waals surface area (Å²) in [5, 5.41) is 0.159. The van der Waals surface area contributed by atoms with Crippen molar-refractivity contribution in [3.05, 3.63) is 29.8 Å². The summed E-state index contributed by atoms with van der Waals surface area (Å²) in [6.07, 6.45) is 2.21. The van der Waals surface area contributed by atoms with E-state index in [0.717, 1.165) is 18.6 Å². The van der Waals surface area contributed by atoms with Crippen LogP contribution < -0.4 is 4.74 Å².